The Balaban J connectivity index is 1.89. The van der Waals surface area contributed by atoms with E-state index in [-0.39, 0.29) is 36.4 Å². The fourth-order valence-electron chi connectivity index (χ4n) is 3.04. The number of ether oxygens (including phenoxy) is 1. The average molecular weight is 490 g/mol. The fourth-order valence-corrected chi connectivity index (χ4v) is 3.52. The second-order valence-corrected chi connectivity index (χ2v) is 8.26. The lowest BCUT2D eigenvalue weighted by atomic mass is 10.1. The van der Waals surface area contributed by atoms with Gasteiger partial charge in [0.2, 0.25) is 0 Å². The highest BCUT2D eigenvalue weighted by Gasteiger charge is 2.49. The van der Waals surface area contributed by atoms with E-state index in [0.29, 0.717) is 18.9 Å². The first-order chi connectivity index (χ1) is 15.5. The van der Waals surface area contributed by atoms with Gasteiger partial charge in [0.25, 0.3) is 0 Å². The highest BCUT2D eigenvalue weighted by molar-refractivity contribution is 7.88. The van der Waals surface area contributed by atoms with Crippen molar-refractivity contribution in [3.63, 3.8) is 0 Å². The van der Waals surface area contributed by atoms with Crippen molar-refractivity contribution in [1.29, 1.82) is 0 Å². The molecule has 1 aliphatic rings. The molecule has 1 N–H and O–H groups in total. The molecule has 0 unspecified atom stereocenters. The Morgan fingerprint density at radius 2 is 1.79 bits per heavy atom. The summed E-state index contributed by atoms with van der Waals surface area (Å²) in [6, 6.07) is 5.02. The van der Waals surface area contributed by atoms with Crippen LogP contribution >= 0.6 is 0 Å². The Labute approximate surface area is 185 Å². The van der Waals surface area contributed by atoms with Gasteiger partial charge in [-0.2, -0.15) is 21.6 Å². The van der Waals surface area contributed by atoms with Crippen LogP contribution in [0.1, 0.15) is 10.4 Å². The smallest absolute Gasteiger partial charge is 0.496 e. The van der Waals surface area contributed by atoms with Gasteiger partial charge >= 0.3 is 21.7 Å². The van der Waals surface area contributed by atoms with E-state index in [0.717, 1.165) is 12.1 Å². The summed E-state index contributed by atoms with van der Waals surface area (Å²) >= 11 is 0. The van der Waals surface area contributed by atoms with Gasteiger partial charge in [-0.05, 0) is 18.2 Å². The number of benzene rings is 1. The molecule has 0 saturated carbocycles. The number of carbonyl (C=O) groups is 2. The number of piperazine rings is 1. The minimum Gasteiger partial charge on any atom is -0.496 e. The molecule has 1 aromatic heterocycles. The van der Waals surface area contributed by atoms with E-state index in [4.69, 9.17) is 9.84 Å². The minimum atomic E-state index is -6.00. The second kappa shape index (κ2) is 9.09. The van der Waals surface area contributed by atoms with Crippen molar-refractivity contribution in [1.82, 2.24) is 15.1 Å². The normalized spacial score (nSPS) is 14.7. The summed E-state index contributed by atoms with van der Waals surface area (Å²) in [5, 5.41) is 17.1. The van der Waals surface area contributed by atoms with E-state index in [9.17, 15) is 31.2 Å². The fraction of sp³-hybridized carbons (Fsp3) is 0.333. The molecule has 15 heteroatoms. The van der Waals surface area contributed by atoms with Gasteiger partial charge in [-0.15, -0.1) is 10.2 Å². The Bertz CT molecular complexity index is 1150. The predicted molar refractivity (Wildman–Crippen MR) is 107 cm³/mol. The summed E-state index contributed by atoms with van der Waals surface area (Å²) in [5.74, 6) is -0.497. The molecule has 33 heavy (non-hydrogen) atoms. The monoisotopic (exact) mass is 490 g/mol. The van der Waals surface area contributed by atoms with Crippen molar-refractivity contribution in [2.24, 2.45) is 0 Å². The summed E-state index contributed by atoms with van der Waals surface area (Å²) in [4.78, 5) is 25.5. The zero-order valence-corrected chi connectivity index (χ0v) is 17.8. The van der Waals surface area contributed by atoms with Crippen LogP contribution in [-0.2, 0) is 10.1 Å². The molecule has 1 amide bonds. The van der Waals surface area contributed by atoms with Crippen molar-refractivity contribution in [2.75, 3.05) is 38.2 Å². The van der Waals surface area contributed by atoms with E-state index in [1.165, 1.54) is 18.1 Å². The number of halogens is 3. The van der Waals surface area contributed by atoms with Gasteiger partial charge in [-0.3, -0.25) is 4.79 Å². The highest BCUT2D eigenvalue weighted by atomic mass is 32.2. The summed E-state index contributed by atoms with van der Waals surface area (Å²) in [6.45, 7) is 1.38. The Kier molecular flexibility index (Phi) is 6.62. The number of alkyl halides is 3. The van der Waals surface area contributed by atoms with Crippen molar-refractivity contribution >= 4 is 28.3 Å². The molecular weight excluding hydrogens is 473 g/mol. The summed E-state index contributed by atoms with van der Waals surface area (Å²) in [5.41, 5.74) is -5.82. The first kappa shape index (κ1) is 24.0. The van der Waals surface area contributed by atoms with E-state index < -0.39 is 33.0 Å². The number of hydrogen-bond donors (Lipinski definition) is 1. The van der Waals surface area contributed by atoms with Gasteiger partial charge in [0.15, 0.2) is 17.9 Å². The molecule has 0 atom stereocenters. The van der Waals surface area contributed by atoms with E-state index in [1.807, 2.05) is 4.90 Å². The van der Waals surface area contributed by atoms with Crippen LogP contribution in [0, 0.1) is 0 Å². The van der Waals surface area contributed by atoms with Crippen LogP contribution in [0.25, 0.3) is 11.3 Å². The minimum absolute atomic E-state index is 0.106. The standard InChI is InChI=1S/C18H17F3N4O7S/c1-31-15-9-14(32-33(29,30)18(19,20)21)11(10-26)8-12(15)13-2-3-16(23-22-13)24-4-6-25(7-5-24)17(27)28/h2-3,8-10H,4-7H2,1H3,(H,27,28). The number of amides is 1. The summed E-state index contributed by atoms with van der Waals surface area (Å²) < 4.78 is 69.8. The molecule has 0 radical (unpaired) electrons. The molecule has 1 aromatic carbocycles. The molecule has 11 nitrogen and oxygen atoms in total. The van der Waals surface area contributed by atoms with Crippen LogP contribution in [-0.4, -0.2) is 79.8 Å². The van der Waals surface area contributed by atoms with Crippen LogP contribution in [0.2, 0.25) is 0 Å². The van der Waals surface area contributed by atoms with Gasteiger partial charge in [0, 0.05) is 37.8 Å². The molecule has 2 aromatic rings. The first-order valence-electron chi connectivity index (χ1n) is 9.21. The summed E-state index contributed by atoms with van der Waals surface area (Å²) in [6.07, 6.45) is -0.877. The zero-order valence-electron chi connectivity index (χ0n) is 16.9. The quantitative estimate of drug-likeness (QED) is 0.363. The lowest BCUT2D eigenvalue weighted by Crippen LogP contribution is -2.48. The van der Waals surface area contributed by atoms with Gasteiger partial charge < -0.3 is 23.8 Å². The molecule has 3 rings (SSSR count). The van der Waals surface area contributed by atoms with Crippen LogP contribution in [0.4, 0.5) is 23.8 Å². The first-order valence-corrected chi connectivity index (χ1v) is 10.6. The number of nitrogens with zero attached hydrogens (tertiary/aromatic N) is 4. The van der Waals surface area contributed by atoms with Crippen molar-refractivity contribution in [3.8, 4) is 22.8 Å². The molecule has 0 bridgehead atoms. The topological polar surface area (TPSA) is 139 Å². The third-order valence-corrected chi connectivity index (χ3v) is 5.71. The van der Waals surface area contributed by atoms with E-state index in [1.54, 1.807) is 6.07 Å². The Morgan fingerprint density at radius 3 is 2.27 bits per heavy atom. The largest absolute Gasteiger partial charge is 0.534 e. The second-order valence-electron chi connectivity index (χ2n) is 6.72. The van der Waals surface area contributed by atoms with Crippen molar-refractivity contribution in [3.05, 3.63) is 29.8 Å². The zero-order chi connectivity index (χ0) is 24.4. The molecule has 2 heterocycles. The number of anilines is 1. The maximum atomic E-state index is 12.6. The number of methoxy groups -OCH3 is 1. The number of carbonyl (C=O) groups excluding carboxylic acids is 1. The van der Waals surface area contributed by atoms with Crippen LogP contribution < -0.4 is 13.8 Å². The van der Waals surface area contributed by atoms with Gasteiger partial charge in [-0.25, -0.2) is 4.79 Å². The van der Waals surface area contributed by atoms with Crippen LogP contribution in [0.15, 0.2) is 24.3 Å². The molecule has 0 spiro atoms. The van der Waals surface area contributed by atoms with Crippen molar-refractivity contribution in [2.45, 2.75) is 5.51 Å². The Morgan fingerprint density at radius 1 is 1.12 bits per heavy atom. The molecule has 1 fully saturated rings. The van der Waals surface area contributed by atoms with Crippen LogP contribution in [0.3, 0.4) is 0 Å². The van der Waals surface area contributed by atoms with Crippen LogP contribution in [0.5, 0.6) is 11.5 Å². The Hall–Kier alpha value is -3.62. The highest BCUT2D eigenvalue weighted by Crippen LogP contribution is 2.37. The van der Waals surface area contributed by atoms with E-state index in [2.05, 4.69) is 14.4 Å². The summed E-state index contributed by atoms with van der Waals surface area (Å²) in [7, 11) is -4.82. The lowest BCUT2D eigenvalue weighted by Gasteiger charge is -2.33. The number of carboxylic acid groups (broad SMARTS) is 1. The van der Waals surface area contributed by atoms with Crippen molar-refractivity contribution < 1.29 is 45.2 Å². The van der Waals surface area contributed by atoms with Gasteiger partial charge in [0.05, 0.1) is 18.4 Å². The predicted octanol–water partition coefficient (Wildman–Crippen LogP) is 1.99. The molecule has 1 aliphatic heterocycles. The molecule has 178 valence electrons. The maximum Gasteiger partial charge on any atom is 0.534 e. The SMILES string of the molecule is COc1cc(OS(=O)(=O)C(F)(F)F)c(C=O)cc1-c1ccc(N2CCN(C(=O)O)CC2)nn1. The number of aldehydes is 1. The molecule has 1 saturated heterocycles. The van der Waals surface area contributed by atoms with Gasteiger partial charge in [0.1, 0.15) is 5.75 Å². The maximum absolute atomic E-state index is 12.6. The number of rotatable bonds is 6. The molecule has 0 aliphatic carbocycles. The number of aromatic nitrogens is 2. The average Bonchev–Trinajstić information content (AvgIpc) is 2.78. The van der Waals surface area contributed by atoms with E-state index >= 15 is 0 Å². The molecular formula is C18H17F3N4O7S. The third kappa shape index (κ3) is 5.08. The lowest BCUT2D eigenvalue weighted by molar-refractivity contribution is -0.0500. The number of hydrogen-bond acceptors (Lipinski definition) is 9. The third-order valence-electron chi connectivity index (χ3n) is 4.74. The van der Waals surface area contributed by atoms with Gasteiger partial charge in [-0.1, -0.05) is 0 Å².